The van der Waals surface area contributed by atoms with Gasteiger partial charge in [0, 0.05) is 50.7 Å². The molecule has 0 spiro atoms. The molecule has 0 saturated carbocycles. The smallest absolute Gasteiger partial charge is 0.255 e. The number of carbonyl (C=O) groups is 1. The Labute approximate surface area is 187 Å². The summed E-state index contributed by atoms with van der Waals surface area (Å²) in [7, 11) is 0. The van der Waals surface area contributed by atoms with Crippen molar-refractivity contribution >= 4 is 17.5 Å². The lowest BCUT2D eigenvalue weighted by atomic mass is 10.2. The first-order chi connectivity index (χ1) is 15.0. The zero-order chi connectivity index (χ0) is 21.8. The van der Waals surface area contributed by atoms with Gasteiger partial charge in [-0.1, -0.05) is 29.8 Å². The van der Waals surface area contributed by atoms with Gasteiger partial charge in [0.25, 0.3) is 5.91 Å². The summed E-state index contributed by atoms with van der Waals surface area (Å²) in [6.45, 7) is 7.55. The van der Waals surface area contributed by atoms with Gasteiger partial charge in [0.2, 0.25) is 5.88 Å². The number of para-hydroxylation sites is 1. The van der Waals surface area contributed by atoms with Crippen LogP contribution in [0.3, 0.4) is 0 Å². The number of halogens is 1. The van der Waals surface area contributed by atoms with Crippen LogP contribution in [0.25, 0.3) is 5.69 Å². The second-order valence-corrected chi connectivity index (χ2v) is 8.28. The van der Waals surface area contributed by atoms with Crippen LogP contribution < -0.4 is 4.74 Å². The Hall–Kier alpha value is -2.90. The molecular weight excluding hydrogens is 414 g/mol. The predicted molar refractivity (Wildman–Crippen MR) is 120 cm³/mol. The minimum absolute atomic E-state index is 0.0283. The summed E-state index contributed by atoms with van der Waals surface area (Å²) in [4.78, 5) is 21.3. The molecule has 1 aromatic carbocycles. The molecule has 7 nitrogen and oxygen atoms in total. The zero-order valence-electron chi connectivity index (χ0n) is 17.7. The van der Waals surface area contributed by atoms with Crippen molar-refractivity contribution in [1.29, 1.82) is 0 Å². The molecule has 3 aromatic rings. The lowest BCUT2D eigenvalue weighted by Crippen LogP contribution is -2.48. The third-order valence-corrected chi connectivity index (χ3v) is 5.39. The molecule has 1 aliphatic heterocycles. The number of carbonyl (C=O) groups excluding carboxylic acids is 1. The van der Waals surface area contributed by atoms with E-state index in [0.717, 1.165) is 30.9 Å². The summed E-state index contributed by atoms with van der Waals surface area (Å²) >= 11 is 6.24. The molecule has 0 atom stereocenters. The van der Waals surface area contributed by atoms with Gasteiger partial charge in [-0.3, -0.25) is 9.69 Å². The second kappa shape index (κ2) is 9.49. The topological polar surface area (TPSA) is 63.5 Å². The summed E-state index contributed by atoms with van der Waals surface area (Å²) in [6, 6.07) is 11.7. The van der Waals surface area contributed by atoms with E-state index in [1.807, 2.05) is 60.0 Å². The van der Waals surface area contributed by atoms with Crippen molar-refractivity contribution in [3.63, 3.8) is 0 Å². The number of rotatable bonds is 6. The highest BCUT2D eigenvalue weighted by Crippen LogP contribution is 2.24. The van der Waals surface area contributed by atoms with Gasteiger partial charge in [-0.2, -0.15) is 5.10 Å². The number of benzene rings is 1. The molecule has 3 heterocycles. The van der Waals surface area contributed by atoms with Gasteiger partial charge in [0.15, 0.2) is 0 Å². The van der Waals surface area contributed by atoms with E-state index in [2.05, 4.69) is 21.2 Å². The van der Waals surface area contributed by atoms with Crippen LogP contribution in [0.1, 0.15) is 29.8 Å². The van der Waals surface area contributed by atoms with Gasteiger partial charge in [0.05, 0.1) is 23.6 Å². The van der Waals surface area contributed by atoms with E-state index < -0.39 is 0 Å². The Bertz CT molecular complexity index is 1030. The summed E-state index contributed by atoms with van der Waals surface area (Å²) in [6.07, 6.45) is 5.47. The number of amides is 1. The maximum atomic E-state index is 12.9. The highest BCUT2D eigenvalue weighted by Gasteiger charge is 2.23. The van der Waals surface area contributed by atoms with Crippen LogP contribution in [0.4, 0.5) is 0 Å². The lowest BCUT2D eigenvalue weighted by molar-refractivity contribution is 0.0628. The maximum absolute atomic E-state index is 12.9. The van der Waals surface area contributed by atoms with Gasteiger partial charge in [0.1, 0.15) is 5.02 Å². The number of hydrogen-bond donors (Lipinski definition) is 0. The van der Waals surface area contributed by atoms with Crippen LogP contribution in [0.5, 0.6) is 5.88 Å². The average Bonchev–Trinajstić information content (AvgIpc) is 3.24. The second-order valence-electron chi connectivity index (χ2n) is 7.87. The lowest BCUT2D eigenvalue weighted by Gasteiger charge is -2.34. The number of piperazine rings is 1. The molecule has 0 bridgehead atoms. The first-order valence-electron chi connectivity index (χ1n) is 10.4. The molecular formula is C23H26ClN5O2. The van der Waals surface area contributed by atoms with E-state index in [4.69, 9.17) is 16.3 Å². The maximum Gasteiger partial charge on any atom is 0.255 e. The normalized spacial score (nSPS) is 14.8. The van der Waals surface area contributed by atoms with Crippen LogP contribution in [-0.4, -0.2) is 62.8 Å². The fourth-order valence-corrected chi connectivity index (χ4v) is 3.78. The molecule has 162 valence electrons. The molecule has 2 aromatic heterocycles. The number of pyridine rings is 1. The van der Waals surface area contributed by atoms with Gasteiger partial charge in [-0.15, -0.1) is 0 Å². The van der Waals surface area contributed by atoms with E-state index in [-0.39, 0.29) is 12.0 Å². The Balaban J connectivity index is 1.32. The SMILES string of the molecule is CC(C)Oc1ncc(C(=O)N2CCN(Cc3cnn(-c4ccccc4)c3)CC2)cc1Cl. The Morgan fingerprint density at radius 2 is 1.87 bits per heavy atom. The first-order valence-corrected chi connectivity index (χ1v) is 10.8. The quantitative estimate of drug-likeness (QED) is 0.586. The highest BCUT2D eigenvalue weighted by molar-refractivity contribution is 6.32. The van der Waals surface area contributed by atoms with Gasteiger partial charge < -0.3 is 9.64 Å². The summed E-state index contributed by atoms with van der Waals surface area (Å²) in [5.41, 5.74) is 2.68. The number of aromatic nitrogens is 3. The Morgan fingerprint density at radius 1 is 1.13 bits per heavy atom. The van der Waals surface area contributed by atoms with Crippen LogP contribution in [0.2, 0.25) is 5.02 Å². The summed E-state index contributed by atoms with van der Waals surface area (Å²) < 4.78 is 7.43. The molecule has 31 heavy (non-hydrogen) atoms. The summed E-state index contributed by atoms with van der Waals surface area (Å²) in [5, 5.41) is 4.82. The Morgan fingerprint density at radius 3 is 2.55 bits per heavy atom. The molecule has 1 amide bonds. The third kappa shape index (κ3) is 5.24. The van der Waals surface area contributed by atoms with Crippen molar-refractivity contribution < 1.29 is 9.53 Å². The third-order valence-electron chi connectivity index (χ3n) is 5.12. The van der Waals surface area contributed by atoms with Crippen molar-refractivity contribution in [1.82, 2.24) is 24.6 Å². The number of nitrogens with zero attached hydrogens (tertiary/aromatic N) is 5. The van der Waals surface area contributed by atoms with Crippen molar-refractivity contribution in [3.8, 4) is 11.6 Å². The number of ether oxygens (including phenoxy) is 1. The first kappa shape index (κ1) is 21.3. The molecule has 4 rings (SSSR count). The summed E-state index contributed by atoms with van der Waals surface area (Å²) in [5.74, 6) is 0.302. The minimum atomic E-state index is -0.0537. The van der Waals surface area contributed by atoms with Crippen LogP contribution in [0.15, 0.2) is 55.0 Å². The van der Waals surface area contributed by atoms with E-state index in [9.17, 15) is 4.79 Å². The minimum Gasteiger partial charge on any atom is -0.474 e. The van der Waals surface area contributed by atoms with E-state index in [1.54, 1.807) is 6.07 Å². The van der Waals surface area contributed by atoms with Crippen LogP contribution >= 0.6 is 11.6 Å². The largest absolute Gasteiger partial charge is 0.474 e. The van der Waals surface area contributed by atoms with Gasteiger partial charge >= 0.3 is 0 Å². The van der Waals surface area contributed by atoms with Crippen molar-refractivity contribution in [2.24, 2.45) is 0 Å². The molecule has 0 unspecified atom stereocenters. The van der Waals surface area contributed by atoms with Gasteiger partial charge in [-0.05, 0) is 32.0 Å². The predicted octanol–water partition coefficient (Wildman–Crippen LogP) is 3.67. The van der Waals surface area contributed by atoms with E-state index in [0.29, 0.717) is 29.6 Å². The Kier molecular flexibility index (Phi) is 6.53. The van der Waals surface area contributed by atoms with Gasteiger partial charge in [-0.25, -0.2) is 9.67 Å². The van der Waals surface area contributed by atoms with Crippen LogP contribution in [0, 0.1) is 0 Å². The van der Waals surface area contributed by atoms with E-state index >= 15 is 0 Å². The molecule has 8 heteroatoms. The van der Waals surface area contributed by atoms with Crippen molar-refractivity contribution in [2.75, 3.05) is 26.2 Å². The highest BCUT2D eigenvalue weighted by atomic mass is 35.5. The molecule has 0 aliphatic carbocycles. The fourth-order valence-electron chi connectivity index (χ4n) is 3.57. The van der Waals surface area contributed by atoms with E-state index in [1.165, 1.54) is 6.20 Å². The van der Waals surface area contributed by atoms with Crippen molar-refractivity contribution in [2.45, 2.75) is 26.5 Å². The molecule has 0 N–H and O–H groups in total. The molecule has 1 aliphatic rings. The molecule has 0 radical (unpaired) electrons. The average molecular weight is 440 g/mol. The fraction of sp³-hybridized carbons (Fsp3) is 0.348. The molecule has 1 fully saturated rings. The zero-order valence-corrected chi connectivity index (χ0v) is 18.5. The number of hydrogen-bond acceptors (Lipinski definition) is 5. The standard InChI is InChI=1S/C23H26ClN5O2/c1-17(2)31-22-21(24)12-19(14-25-22)23(30)28-10-8-27(9-11-28)15-18-13-26-29(16-18)20-6-4-3-5-7-20/h3-7,12-14,16-17H,8-11,15H2,1-2H3. The monoisotopic (exact) mass is 439 g/mol. The molecule has 1 saturated heterocycles. The van der Waals surface area contributed by atoms with Crippen LogP contribution in [-0.2, 0) is 6.54 Å². The van der Waals surface area contributed by atoms with Crippen molar-refractivity contribution in [3.05, 3.63) is 71.1 Å².